The Labute approximate surface area is 122 Å². The molecule has 116 valence electrons. The van der Waals surface area contributed by atoms with Gasteiger partial charge in [-0.3, -0.25) is 10.1 Å². The van der Waals surface area contributed by atoms with Gasteiger partial charge in [-0.05, 0) is 32.0 Å². The first-order chi connectivity index (χ1) is 9.83. The van der Waals surface area contributed by atoms with E-state index in [0.29, 0.717) is 12.6 Å². The Balaban J connectivity index is 2.12. The van der Waals surface area contributed by atoms with Crippen LogP contribution in [0.3, 0.4) is 0 Å². The van der Waals surface area contributed by atoms with E-state index in [4.69, 9.17) is 0 Å². The lowest BCUT2D eigenvalue weighted by molar-refractivity contribution is -0.390. The van der Waals surface area contributed by atoms with Gasteiger partial charge < -0.3 is 4.90 Å². The first-order valence-electron chi connectivity index (χ1n) is 6.46. The molecule has 1 fully saturated rings. The van der Waals surface area contributed by atoms with Crippen LogP contribution < -0.4 is 4.72 Å². The average Bonchev–Trinajstić information content (AvgIpc) is 3.21. The minimum absolute atomic E-state index is 0.114. The van der Waals surface area contributed by atoms with Crippen LogP contribution in [0.1, 0.15) is 12.8 Å². The molecule has 0 aliphatic heterocycles. The smallest absolute Gasteiger partial charge is 0.302 e. The van der Waals surface area contributed by atoms with Crippen molar-refractivity contribution >= 4 is 15.7 Å². The SMILES string of the molecule is CN(CCNS(=O)(=O)c1cccc(F)c1[N+](=O)[O-])C1CC1. The third kappa shape index (κ3) is 3.74. The normalized spacial score (nSPS) is 15.4. The fraction of sp³-hybridized carbons (Fsp3) is 0.500. The molecule has 0 atom stereocenters. The highest BCUT2D eigenvalue weighted by Gasteiger charge is 2.30. The van der Waals surface area contributed by atoms with Crippen LogP contribution >= 0.6 is 0 Å². The molecule has 0 aromatic heterocycles. The van der Waals surface area contributed by atoms with E-state index in [2.05, 4.69) is 4.72 Å². The van der Waals surface area contributed by atoms with Gasteiger partial charge in [0.25, 0.3) is 0 Å². The highest BCUT2D eigenvalue weighted by Crippen LogP contribution is 2.27. The lowest BCUT2D eigenvalue weighted by atomic mass is 10.3. The summed E-state index contributed by atoms with van der Waals surface area (Å²) in [4.78, 5) is 11.2. The van der Waals surface area contributed by atoms with E-state index >= 15 is 0 Å². The van der Waals surface area contributed by atoms with Gasteiger partial charge in [-0.15, -0.1) is 0 Å². The quantitative estimate of drug-likeness (QED) is 0.600. The van der Waals surface area contributed by atoms with Crippen molar-refractivity contribution < 1.29 is 17.7 Å². The second-order valence-corrected chi connectivity index (χ2v) is 6.69. The predicted octanol–water partition coefficient (Wildman–Crippen LogP) is 1.11. The maximum absolute atomic E-state index is 13.5. The molecule has 0 spiro atoms. The fourth-order valence-electron chi connectivity index (χ4n) is 2.02. The van der Waals surface area contributed by atoms with Crippen LogP contribution in [0.5, 0.6) is 0 Å². The molecule has 0 radical (unpaired) electrons. The van der Waals surface area contributed by atoms with Crippen LogP contribution in [0.25, 0.3) is 0 Å². The van der Waals surface area contributed by atoms with Gasteiger partial charge in [0, 0.05) is 19.1 Å². The Kier molecular flexibility index (Phi) is 4.55. The largest absolute Gasteiger partial charge is 0.324 e. The zero-order chi connectivity index (χ0) is 15.6. The van der Waals surface area contributed by atoms with E-state index in [1.807, 2.05) is 11.9 Å². The molecule has 7 nitrogen and oxygen atoms in total. The Morgan fingerprint density at radius 2 is 2.14 bits per heavy atom. The Bertz CT molecular complexity index is 646. The molecule has 0 heterocycles. The molecule has 1 aromatic carbocycles. The highest BCUT2D eigenvalue weighted by atomic mass is 32.2. The van der Waals surface area contributed by atoms with Crippen LogP contribution in [-0.2, 0) is 10.0 Å². The number of para-hydroxylation sites is 1. The summed E-state index contributed by atoms with van der Waals surface area (Å²) in [5.41, 5.74) is -1.03. The molecule has 21 heavy (non-hydrogen) atoms. The monoisotopic (exact) mass is 317 g/mol. The predicted molar refractivity (Wildman–Crippen MR) is 73.9 cm³/mol. The van der Waals surface area contributed by atoms with Crippen LogP contribution in [0.15, 0.2) is 23.1 Å². The summed E-state index contributed by atoms with van der Waals surface area (Å²) in [5.74, 6) is -1.17. The minimum atomic E-state index is -4.12. The molecule has 1 aliphatic rings. The number of hydrogen-bond donors (Lipinski definition) is 1. The number of sulfonamides is 1. The van der Waals surface area contributed by atoms with E-state index in [9.17, 15) is 22.9 Å². The molecule has 0 bridgehead atoms. The van der Waals surface area contributed by atoms with Gasteiger partial charge in [0.1, 0.15) is 0 Å². The van der Waals surface area contributed by atoms with Crippen LogP contribution in [-0.4, -0.2) is 44.4 Å². The summed E-state index contributed by atoms with van der Waals surface area (Å²) in [5, 5.41) is 10.8. The molecule has 1 saturated carbocycles. The number of nitro benzene ring substituents is 1. The van der Waals surface area contributed by atoms with Crippen LogP contribution in [0, 0.1) is 15.9 Å². The van der Waals surface area contributed by atoms with Crippen molar-refractivity contribution in [1.82, 2.24) is 9.62 Å². The molecule has 0 amide bonds. The average molecular weight is 317 g/mol. The summed E-state index contributed by atoms with van der Waals surface area (Å²) < 4.78 is 39.9. The Morgan fingerprint density at radius 1 is 1.48 bits per heavy atom. The zero-order valence-electron chi connectivity index (χ0n) is 11.5. The summed E-state index contributed by atoms with van der Waals surface area (Å²) >= 11 is 0. The second kappa shape index (κ2) is 6.04. The summed E-state index contributed by atoms with van der Waals surface area (Å²) in [7, 11) is -2.23. The maximum Gasteiger partial charge on any atom is 0.324 e. The van der Waals surface area contributed by atoms with Gasteiger partial charge in [-0.25, -0.2) is 13.1 Å². The molecule has 9 heteroatoms. The molecule has 1 N–H and O–H groups in total. The number of nitro groups is 1. The van der Waals surface area contributed by atoms with Gasteiger partial charge in [0.05, 0.1) is 4.92 Å². The summed E-state index contributed by atoms with van der Waals surface area (Å²) in [6, 6.07) is 3.50. The maximum atomic E-state index is 13.5. The third-order valence-corrected chi connectivity index (χ3v) is 4.84. The van der Waals surface area contributed by atoms with Crippen molar-refractivity contribution in [2.24, 2.45) is 0 Å². The summed E-state index contributed by atoms with van der Waals surface area (Å²) in [6.07, 6.45) is 2.19. The number of nitrogens with zero attached hydrogens (tertiary/aromatic N) is 2. The van der Waals surface area contributed by atoms with E-state index in [-0.39, 0.29) is 6.54 Å². The second-order valence-electron chi connectivity index (χ2n) is 4.95. The van der Waals surface area contributed by atoms with Gasteiger partial charge in [-0.2, -0.15) is 4.39 Å². The van der Waals surface area contributed by atoms with E-state index in [1.165, 1.54) is 0 Å². The van der Waals surface area contributed by atoms with Gasteiger partial charge in [0.2, 0.25) is 15.8 Å². The lowest BCUT2D eigenvalue weighted by Gasteiger charge is -2.15. The summed E-state index contributed by atoms with van der Waals surface area (Å²) in [6.45, 7) is 0.607. The zero-order valence-corrected chi connectivity index (χ0v) is 12.3. The van der Waals surface area contributed by atoms with Crippen molar-refractivity contribution in [2.45, 2.75) is 23.8 Å². The molecule has 1 aromatic rings. The highest BCUT2D eigenvalue weighted by molar-refractivity contribution is 7.89. The molecule has 2 rings (SSSR count). The van der Waals surface area contributed by atoms with E-state index in [0.717, 1.165) is 31.0 Å². The molecular formula is C12H16FN3O4S. The Morgan fingerprint density at radius 3 is 2.71 bits per heavy atom. The molecule has 0 unspecified atom stereocenters. The van der Waals surface area contributed by atoms with Crippen LogP contribution in [0.2, 0.25) is 0 Å². The van der Waals surface area contributed by atoms with Crippen LogP contribution in [0.4, 0.5) is 10.1 Å². The Hall–Kier alpha value is -1.58. The number of hydrogen-bond acceptors (Lipinski definition) is 5. The fourth-order valence-corrected chi connectivity index (χ4v) is 3.22. The number of benzene rings is 1. The number of halogens is 1. The van der Waals surface area contributed by atoms with Crippen molar-refractivity contribution in [3.05, 3.63) is 34.1 Å². The van der Waals surface area contributed by atoms with Crippen molar-refractivity contribution in [2.75, 3.05) is 20.1 Å². The number of rotatable bonds is 7. The van der Waals surface area contributed by atoms with Crippen molar-refractivity contribution in [3.8, 4) is 0 Å². The molecule has 1 aliphatic carbocycles. The number of likely N-dealkylation sites (N-methyl/N-ethyl adjacent to an activating group) is 1. The van der Waals surface area contributed by atoms with Gasteiger partial charge in [-0.1, -0.05) is 6.07 Å². The number of nitrogens with one attached hydrogen (secondary N) is 1. The minimum Gasteiger partial charge on any atom is -0.302 e. The first-order valence-corrected chi connectivity index (χ1v) is 7.94. The standard InChI is InChI=1S/C12H16FN3O4S/c1-15(9-5-6-9)8-7-14-21(19,20)11-4-2-3-10(13)12(11)16(17)18/h2-4,9,14H,5-8H2,1H3. The van der Waals surface area contributed by atoms with Gasteiger partial charge in [0.15, 0.2) is 4.90 Å². The van der Waals surface area contributed by atoms with Crippen molar-refractivity contribution in [1.29, 1.82) is 0 Å². The topological polar surface area (TPSA) is 92.6 Å². The molecular weight excluding hydrogens is 301 g/mol. The first kappa shape index (κ1) is 15.8. The van der Waals surface area contributed by atoms with Crippen molar-refractivity contribution in [3.63, 3.8) is 0 Å². The van der Waals surface area contributed by atoms with Gasteiger partial charge >= 0.3 is 5.69 Å². The lowest BCUT2D eigenvalue weighted by Crippen LogP contribution is -2.34. The third-order valence-electron chi connectivity index (χ3n) is 3.35. The van der Waals surface area contributed by atoms with E-state index in [1.54, 1.807) is 0 Å². The molecule has 0 saturated heterocycles. The van der Waals surface area contributed by atoms with E-state index < -0.39 is 31.3 Å².